The van der Waals surface area contributed by atoms with Crippen molar-refractivity contribution in [3.05, 3.63) is 57.3 Å². The minimum absolute atomic E-state index is 0.114. The minimum atomic E-state index is -0.156. The lowest BCUT2D eigenvalue weighted by Gasteiger charge is -2.12. The fourth-order valence-electron chi connectivity index (χ4n) is 2.83. The smallest absolute Gasteiger partial charge is 0.262 e. The zero-order chi connectivity index (χ0) is 21.5. The Balaban J connectivity index is 1.56. The van der Waals surface area contributed by atoms with Crippen LogP contribution in [0.2, 0.25) is 0 Å². The Labute approximate surface area is 186 Å². The van der Waals surface area contributed by atoms with Crippen LogP contribution in [0.3, 0.4) is 0 Å². The first kappa shape index (κ1) is 22.2. The standard InChI is InChI=1S/C21H22BrN3O4S/c1-3-25-20(27)15-12-14(22)8-9-16(15)24-21(25)30-13-19(26)23-10-11-29-18-7-5-4-6-17(18)28-2/h4-9,12H,3,10-11,13H2,1-2H3,(H,23,26). The Morgan fingerprint density at radius 2 is 2.00 bits per heavy atom. The van der Waals surface area contributed by atoms with E-state index < -0.39 is 0 Å². The molecule has 0 spiro atoms. The van der Waals surface area contributed by atoms with E-state index in [0.717, 1.165) is 4.47 Å². The first-order valence-electron chi connectivity index (χ1n) is 9.39. The third-order valence-electron chi connectivity index (χ3n) is 4.28. The largest absolute Gasteiger partial charge is 0.493 e. The monoisotopic (exact) mass is 491 g/mol. The maximum atomic E-state index is 12.7. The van der Waals surface area contributed by atoms with Crippen LogP contribution in [0.4, 0.5) is 0 Å². The summed E-state index contributed by atoms with van der Waals surface area (Å²) in [5.74, 6) is 1.27. The molecule has 1 N–H and O–H groups in total. The van der Waals surface area contributed by atoms with Gasteiger partial charge < -0.3 is 14.8 Å². The molecule has 0 saturated carbocycles. The summed E-state index contributed by atoms with van der Waals surface area (Å²) in [5, 5.41) is 3.89. The van der Waals surface area contributed by atoms with Crippen molar-refractivity contribution in [1.82, 2.24) is 14.9 Å². The maximum Gasteiger partial charge on any atom is 0.262 e. The summed E-state index contributed by atoms with van der Waals surface area (Å²) >= 11 is 4.62. The van der Waals surface area contributed by atoms with Crippen molar-refractivity contribution in [1.29, 1.82) is 0 Å². The number of aromatic nitrogens is 2. The molecule has 30 heavy (non-hydrogen) atoms. The molecule has 0 unspecified atom stereocenters. The van der Waals surface area contributed by atoms with Gasteiger partial charge in [-0.25, -0.2) is 4.98 Å². The number of para-hydroxylation sites is 2. The molecule has 0 radical (unpaired) electrons. The highest BCUT2D eigenvalue weighted by molar-refractivity contribution is 9.10. The first-order valence-corrected chi connectivity index (χ1v) is 11.2. The molecule has 3 aromatic rings. The molecule has 1 aromatic heterocycles. The van der Waals surface area contributed by atoms with Crippen LogP contribution in [0.15, 0.2) is 56.9 Å². The van der Waals surface area contributed by atoms with Gasteiger partial charge in [-0.05, 0) is 37.3 Å². The van der Waals surface area contributed by atoms with E-state index in [-0.39, 0.29) is 17.2 Å². The van der Waals surface area contributed by atoms with Gasteiger partial charge in [-0.1, -0.05) is 39.8 Å². The number of fused-ring (bicyclic) bond motifs is 1. The van der Waals surface area contributed by atoms with E-state index in [0.29, 0.717) is 47.3 Å². The van der Waals surface area contributed by atoms with Crippen molar-refractivity contribution in [2.75, 3.05) is 26.0 Å². The van der Waals surface area contributed by atoms with E-state index in [4.69, 9.17) is 9.47 Å². The topological polar surface area (TPSA) is 82.5 Å². The first-order chi connectivity index (χ1) is 14.5. The lowest BCUT2D eigenvalue weighted by atomic mass is 10.2. The van der Waals surface area contributed by atoms with Gasteiger partial charge >= 0.3 is 0 Å². The van der Waals surface area contributed by atoms with E-state index in [1.807, 2.05) is 37.3 Å². The summed E-state index contributed by atoms with van der Waals surface area (Å²) in [6.07, 6.45) is 0. The highest BCUT2D eigenvalue weighted by Gasteiger charge is 2.13. The van der Waals surface area contributed by atoms with E-state index in [9.17, 15) is 9.59 Å². The van der Waals surface area contributed by atoms with Gasteiger partial charge in [0.05, 0.1) is 30.3 Å². The summed E-state index contributed by atoms with van der Waals surface area (Å²) < 4.78 is 13.3. The van der Waals surface area contributed by atoms with Crippen molar-refractivity contribution in [2.45, 2.75) is 18.6 Å². The van der Waals surface area contributed by atoms with Gasteiger partial charge in [0.15, 0.2) is 16.7 Å². The predicted octanol–water partition coefficient (Wildman–Crippen LogP) is 3.47. The Hall–Kier alpha value is -2.52. The van der Waals surface area contributed by atoms with Crippen LogP contribution in [0.1, 0.15) is 6.92 Å². The molecule has 0 fully saturated rings. The van der Waals surface area contributed by atoms with E-state index >= 15 is 0 Å². The number of nitrogens with one attached hydrogen (secondary N) is 1. The summed E-state index contributed by atoms with van der Waals surface area (Å²) in [6, 6.07) is 12.7. The Morgan fingerprint density at radius 3 is 2.73 bits per heavy atom. The average Bonchev–Trinajstić information content (AvgIpc) is 2.76. The number of carbonyl (C=O) groups is 1. The molecule has 0 aliphatic heterocycles. The van der Waals surface area contributed by atoms with Crippen molar-refractivity contribution < 1.29 is 14.3 Å². The van der Waals surface area contributed by atoms with Crippen LogP contribution in [0.5, 0.6) is 11.5 Å². The lowest BCUT2D eigenvalue weighted by Crippen LogP contribution is -2.30. The average molecular weight is 492 g/mol. The summed E-state index contributed by atoms with van der Waals surface area (Å²) in [6.45, 7) is 3.04. The van der Waals surface area contributed by atoms with Crippen molar-refractivity contribution in [3.8, 4) is 11.5 Å². The van der Waals surface area contributed by atoms with Gasteiger partial charge in [0.25, 0.3) is 5.56 Å². The molecule has 0 atom stereocenters. The number of hydrogen-bond acceptors (Lipinski definition) is 6. The van der Waals surface area contributed by atoms with E-state index in [1.54, 1.807) is 23.8 Å². The number of halogens is 1. The van der Waals surface area contributed by atoms with Gasteiger partial charge in [-0.2, -0.15) is 0 Å². The number of thioether (sulfide) groups is 1. The highest BCUT2D eigenvalue weighted by Crippen LogP contribution is 2.25. The van der Waals surface area contributed by atoms with Gasteiger partial charge in [-0.3, -0.25) is 14.2 Å². The molecular formula is C21H22BrN3O4S. The molecule has 1 amide bonds. The third-order valence-corrected chi connectivity index (χ3v) is 5.75. The van der Waals surface area contributed by atoms with Crippen LogP contribution >= 0.6 is 27.7 Å². The van der Waals surface area contributed by atoms with Crippen LogP contribution in [-0.4, -0.2) is 41.5 Å². The molecule has 3 rings (SSSR count). The zero-order valence-corrected chi connectivity index (χ0v) is 19.1. The molecular weight excluding hydrogens is 470 g/mol. The molecule has 0 saturated heterocycles. The summed E-state index contributed by atoms with van der Waals surface area (Å²) in [7, 11) is 1.58. The summed E-state index contributed by atoms with van der Waals surface area (Å²) in [5.41, 5.74) is 0.498. The van der Waals surface area contributed by atoms with Crippen LogP contribution < -0.4 is 20.3 Å². The number of ether oxygens (including phenoxy) is 2. The molecule has 0 aliphatic rings. The number of methoxy groups -OCH3 is 1. The Bertz CT molecular complexity index is 1100. The molecule has 1 heterocycles. The second-order valence-electron chi connectivity index (χ2n) is 6.24. The lowest BCUT2D eigenvalue weighted by molar-refractivity contribution is -0.118. The van der Waals surface area contributed by atoms with Crippen molar-refractivity contribution in [3.63, 3.8) is 0 Å². The molecule has 158 valence electrons. The number of nitrogens with zero attached hydrogens (tertiary/aromatic N) is 2. The zero-order valence-electron chi connectivity index (χ0n) is 16.7. The van der Waals surface area contributed by atoms with Crippen LogP contribution in [-0.2, 0) is 11.3 Å². The number of amides is 1. The molecule has 2 aromatic carbocycles. The van der Waals surface area contributed by atoms with Crippen molar-refractivity contribution >= 4 is 44.5 Å². The second kappa shape index (κ2) is 10.5. The highest BCUT2D eigenvalue weighted by atomic mass is 79.9. The molecule has 0 bridgehead atoms. The number of rotatable bonds is 9. The summed E-state index contributed by atoms with van der Waals surface area (Å²) in [4.78, 5) is 29.5. The van der Waals surface area contributed by atoms with Gasteiger partial charge in [0, 0.05) is 11.0 Å². The van der Waals surface area contributed by atoms with E-state index in [1.165, 1.54) is 11.8 Å². The second-order valence-corrected chi connectivity index (χ2v) is 8.10. The van der Waals surface area contributed by atoms with E-state index in [2.05, 4.69) is 26.2 Å². The van der Waals surface area contributed by atoms with Gasteiger partial charge in [0.1, 0.15) is 6.61 Å². The quantitative estimate of drug-likeness (QED) is 0.280. The third kappa shape index (κ3) is 5.34. The van der Waals surface area contributed by atoms with Crippen molar-refractivity contribution in [2.24, 2.45) is 0 Å². The fraction of sp³-hybridized carbons (Fsp3) is 0.286. The predicted molar refractivity (Wildman–Crippen MR) is 122 cm³/mol. The maximum absolute atomic E-state index is 12.7. The Morgan fingerprint density at radius 1 is 1.23 bits per heavy atom. The number of hydrogen-bond donors (Lipinski definition) is 1. The fourth-order valence-corrected chi connectivity index (χ4v) is 4.09. The SMILES string of the molecule is CCn1c(SCC(=O)NCCOc2ccccc2OC)nc2ccc(Br)cc2c1=O. The number of carbonyl (C=O) groups excluding carboxylic acids is 1. The molecule has 0 aliphatic carbocycles. The van der Waals surface area contributed by atoms with Gasteiger partial charge in [-0.15, -0.1) is 0 Å². The van der Waals surface area contributed by atoms with Crippen LogP contribution in [0, 0.1) is 0 Å². The minimum Gasteiger partial charge on any atom is -0.493 e. The number of benzene rings is 2. The van der Waals surface area contributed by atoms with Gasteiger partial charge in [0.2, 0.25) is 5.91 Å². The Kier molecular flexibility index (Phi) is 7.75. The normalized spacial score (nSPS) is 10.8. The molecule has 7 nitrogen and oxygen atoms in total. The van der Waals surface area contributed by atoms with Crippen LogP contribution in [0.25, 0.3) is 10.9 Å². The molecule has 9 heteroatoms.